The zero-order valence-corrected chi connectivity index (χ0v) is 17.4. The molecule has 0 aliphatic heterocycles. The number of aliphatic imine (C=N–C) groups is 1. The van der Waals surface area contributed by atoms with E-state index in [0.717, 1.165) is 55.4 Å². The van der Waals surface area contributed by atoms with E-state index in [4.69, 9.17) is 14.2 Å². The van der Waals surface area contributed by atoms with Crippen LogP contribution in [-0.4, -0.2) is 47.5 Å². The second kappa shape index (κ2) is 14.2. The van der Waals surface area contributed by atoms with Crippen molar-refractivity contribution in [3.8, 4) is 11.5 Å². The summed E-state index contributed by atoms with van der Waals surface area (Å²) in [5, 5.41) is 6.60. The summed E-state index contributed by atoms with van der Waals surface area (Å²) in [7, 11) is 6.78. The van der Waals surface area contributed by atoms with Crippen LogP contribution < -0.4 is 20.1 Å². The minimum atomic E-state index is 0. The fourth-order valence-electron chi connectivity index (χ4n) is 2.15. The lowest BCUT2D eigenvalue weighted by Crippen LogP contribution is -2.37. The number of hydrogen-bond donors (Lipinski definition) is 2. The van der Waals surface area contributed by atoms with Crippen LogP contribution in [0.5, 0.6) is 11.5 Å². The van der Waals surface area contributed by atoms with E-state index in [2.05, 4.69) is 15.6 Å². The van der Waals surface area contributed by atoms with E-state index in [1.165, 1.54) is 0 Å². The highest BCUT2D eigenvalue weighted by atomic mass is 127. The maximum absolute atomic E-state index is 5.31. The third-order valence-corrected chi connectivity index (χ3v) is 3.45. The van der Waals surface area contributed by atoms with Gasteiger partial charge in [-0.05, 0) is 37.0 Å². The van der Waals surface area contributed by atoms with Crippen molar-refractivity contribution in [2.45, 2.75) is 25.8 Å². The lowest BCUT2D eigenvalue weighted by atomic mass is 10.2. The summed E-state index contributed by atoms with van der Waals surface area (Å²) >= 11 is 0. The number of nitrogens with one attached hydrogen (secondary N) is 2. The van der Waals surface area contributed by atoms with Crippen LogP contribution in [0.15, 0.2) is 23.2 Å². The van der Waals surface area contributed by atoms with Crippen LogP contribution in [0.4, 0.5) is 0 Å². The molecule has 0 saturated heterocycles. The zero-order valence-electron chi connectivity index (χ0n) is 15.1. The second-order valence-electron chi connectivity index (χ2n) is 5.10. The second-order valence-corrected chi connectivity index (χ2v) is 5.10. The van der Waals surface area contributed by atoms with E-state index >= 15 is 0 Å². The number of rotatable bonds is 10. The van der Waals surface area contributed by atoms with E-state index < -0.39 is 0 Å². The van der Waals surface area contributed by atoms with Crippen molar-refractivity contribution in [1.82, 2.24) is 10.6 Å². The highest BCUT2D eigenvalue weighted by Crippen LogP contribution is 2.27. The molecule has 0 spiro atoms. The number of nitrogens with zero attached hydrogens (tertiary/aromatic N) is 1. The fraction of sp³-hybridized carbons (Fsp3) is 0.588. The van der Waals surface area contributed by atoms with Gasteiger partial charge in [-0.15, -0.1) is 24.0 Å². The van der Waals surface area contributed by atoms with E-state index in [1.54, 1.807) is 28.4 Å². The number of methoxy groups -OCH3 is 3. The Morgan fingerprint density at radius 3 is 2.38 bits per heavy atom. The van der Waals surface area contributed by atoms with Crippen molar-refractivity contribution < 1.29 is 14.2 Å². The van der Waals surface area contributed by atoms with Crippen LogP contribution in [-0.2, 0) is 11.3 Å². The Hall–Kier alpha value is -1.22. The summed E-state index contributed by atoms with van der Waals surface area (Å²) in [5.41, 5.74) is 1.10. The first kappa shape index (κ1) is 22.8. The molecular formula is C17H30IN3O3. The predicted octanol–water partition coefficient (Wildman–Crippen LogP) is 2.80. The van der Waals surface area contributed by atoms with Gasteiger partial charge in [-0.1, -0.05) is 6.07 Å². The van der Waals surface area contributed by atoms with Gasteiger partial charge in [0.05, 0.1) is 14.2 Å². The van der Waals surface area contributed by atoms with Gasteiger partial charge in [-0.3, -0.25) is 4.99 Å². The molecule has 138 valence electrons. The van der Waals surface area contributed by atoms with E-state index in [9.17, 15) is 0 Å². The first-order valence-electron chi connectivity index (χ1n) is 7.89. The standard InChI is InChI=1S/C17H29N3O3.HI/c1-18-17(19-10-6-5-7-11-21-2)20-13-14-8-9-15(22-3)16(12-14)23-4;/h8-9,12H,5-7,10-11,13H2,1-4H3,(H2,18,19,20);1H. The number of unbranched alkanes of at least 4 members (excludes halogenated alkanes) is 2. The maximum atomic E-state index is 5.31. The molecule has 0 fully saturated rings. The van der Waals surface area contributed by atoms with Gasteiger partial charge >= 0.3 is 0 Å². The van der Waals surface area contributed by atoms with Crippen molar-refractivity contribution in [2.24, 2.45) is 4.99 Å². The van der Waals surface area contributed by atoms with Crippen LogP contribution >= 0.6 is 24.0 Å². The van der Waals surface area contributed by atoms with Crippen LogP contribution in [0.1, 0.15) is 24.8 Å². The van der Waals surface area contributed by atoms with Crippen molar-refractivity contribution in [3.05, 3.63) is 23.8 Å². The largest absolute Gasteiger partial charge is 0.493 e. The van der Waals surface area contributed by atoms with Gasteiger partial charge in [0.1, 0.15) is 0 Å². The molecule has 1 aromatic rings. The molecule has 0 atom stereocenters. The molecule has 2 N–H and O–H groups in total. The minimum Gasteiger partial charge on any atom is -0.493 e. The van der Waals surface area contributed by atoms with Crippen LogP contribution in [0.25, 0.3) is 0 Å². The first-order chi connectivity index (χ1) is 11.2. The lowest BCUT2D eigenvalue weighted by molar-refractivity contribution is 0.192. The third-order valence-electron chi connectivity index (χ3n) is 3.45. The quantitative estimate of drug-likeness (QED) is 0.248. The summed E-state index contributed by atoms with van der Waals surface area (Å²) in [5.74, 6) is 2.26. The Morgan fingerprint density at radius 1 is 1.00 bits per heavy atom. The van der Waals surface area contributed by atoms with Crippen LogP contribution in [0, 0.1) is 0 Å². The average Bonchev–Trinajstić information content (AvgIpc) is 2.60. The molecule has 0 aromatic heterocycles. The van der Waals surface area contributed by atoms with Gasteiger partial charge in [-0.25, -0.2) is 0 Å². The molecule has 7 heteroatoms. The monoisotopic (exact) mass is 451 g/mol. The molecule has 0 heterocycles. The normalized spacial score (nSPS) is 10.8. The van der Waals surface area contributed by atoms with Crippen molar-refractivity contribution in [1.29, 1.82) is 0 Å². The van der Waals surface area contributed by atoms with Gasteiger partial charge < -0.3 is 24.8 Å². The molecule has 0 aliphatic rings. The third kappa shape index (κ3) is 8.58. The smallest absolute Gasteiger partial charge is 0.191 e. The fourth-order valence-corrected chi connectivity index (χ4v) is 2.15. The maximum Gasteiger partial charge on any atom is 0.191 e. The predicted molar refractivity (Wildman–Crippen MR) is 109 cm³/mol. The highest BCUT2D eigenvalue weighted by Gasteiger charge is 2.05. The summed E-state index contributed by atoms with van der Waals surface area (Å²) in [4.78, 5) is 4.23. The Kier molecular flexibility index (Phi) is 13.4. The molecule has 0 radical (unpaired) electrons. The Labute approximate surface area is 162 Å². The van der Waals surface area contributed by atoms with Gasteiger partial charge in [0.15, 0.2) is 17.5 Å². The SMILES string of the molecule is CN=C(NCCCCCOC)NCc1ccc(OC)c(OC)c1.I. The van der Waals surface area contributed by atoms with E-state index in [-0.39, 0.29) is 24.0 Å². The molecule has 1 rings (SSSR count). The molecule has 1 aromatic carbocycles. The van der Waals surface area contributed by atoms with E-state index in [0.29, 0.717) is 6.54 Å². The molecular weight excluding hydrogens is 421 g/mol. The molecule has 0 saturated carbocycles. The van der Waals surface area contributed by atoms with Gasteiger partial charge in [0, 0.05) is 33.9 Å². The number of halogens is 1. The van der Waals surface area contributed by atoms with Crippen LogP contribution in [0.2, 0.25) is 0 Å². The summed E-state index contributed by atoms with van der Waals surface area (Å²) in [6.07, 6.45) is 3.34. The summed E-state index contributed by atoms with van der Waals surface area (Å²) < 4.78 is 15.6. The topological polar surface area (TPSA) is 64.1 Å². The number of guanidine groups is 1. The lowest BCUT2D eigenvalue weighted by Gasteiger charge is -2.13. The van der Waals surface area contributed by atoms with Gasteiger partial charge in [0.25, 0.3) is 0 Å². The molecule has 24 heavy (non-hydrogen) atoms. The van der Waals surface area contributed by atoms with E-state index in [1.807, 2.05) is 18.2 Å². The van der Waals surface area contributed by atoms with Crippen molar-refractivity contribution in [3.63, 3.8) is 0 Å². The highest BCUT2D eigenvalue weighted by molar-refractivity contribution is 14.0. The molecule has 0 unspecified atom stereocenters. The molecule has 6 nitrogen and oxygen atoms in total. The van der Waals surface area contributed by atoms with Crippen molar-refractivity contribution in [2.75, 3.05) is 41.5 Å². The van der Waals surface area contributed by atoms with Gasteiger partial charge in [-0.2, -0.15) is 0 Å². The Bertz CT molecular complexity index is 484. The number of hydrogen-bond acceptors (Lipinski definition) is 4. The summed E-state index contributed by atoms with van der Waals surface area (Å²) in [6.45, 7) is 2.39. The molecule has 0 aliphatic carbocycles. The van der Waals surface area contributed by atoms with Crippen molar-refractivity contribution >= 4 is 29.9 Å². The first-order valence-corrected chi connectivity index (χ1v) is 7.89. The van der Waals surface area contributed by atoms with Gasteiger partial charge in [0.2, 0.25) is 0 Å². The molecule has 0 amide bonds. The zero-order chi connectivity index (χ0) is 16.9. The number of benzene rings is 1. The average molecular weight is 451 g/mol. The Balaban J connectivity index is 0.00000529. The van der Waals surface area contributed by atoms with Crippen LogP contribution in [0.3, 0.4) is 0 Å². The minimum absolute atomic E-state index is 0. The summed E-state index contributed by atoms with van der Waals surface area (Å²) in [6, 6.07) is 5.87. The Morgan fingerprint density at radius 2 is 1.75 bits per heavy atom. The number of ether oxygens (including phenoxy) is 3. The molecule has 0 bridgehead atoms.